The molecular formula is C17H28N2O4. The van der Waals surface area contributed by atoms with Crippen LogP contribution >= 0.6 is 0 Å². The highest BCUT2D eigenvalue weighted by molar-refractivity contribution is 5.31. The Balaban J connectivity index is 0. The maximum Gasteiger partial charge on any atom is 0.290 e. The van der Waals surface area contributed by atoms with E-state index in [4.69, 9.17) is 14.6 Å². The van der Waals surface area contributed by atoms with Gasteiger partial charge in [0.05, 0.1) is 11.3 Å². The number of hydrogen-bond acceptors (Lipinski definition) is 4. The Hall–Kier alpha value is -2.37. The fourth-order valence-corrected chi connectivity index (χ4v) is 1.64. The van der Waals surface area contributed by atoms with Gasteiger partial charge in [-0.05, 0) is 25.5 Å². The smallest absolute Gasteiger partial charge is 0.290 e. The third-order valence-corrected chi connectivity index (χ3v) is 2.44. The summed E-state index contributed by atoms with van der Waals surface area (Å²) < 4.78 is 6.77. The first-order valence-corrected chi connectivity index (χ1v) is 7.82. The van der Waals surface area contributed by atoms with E-state index >= 15 is 0 Å². The molecule has 0 saturated carbocycles. The number of benzene rings is 1. The molecule has 0 radical (unpaired) electrons. The van der Waals surface area contributed by atoms with Crippen molar-refractivity contribution < 1.29 is 9.45 Å². The van der Waals surface area contributed by atoms with Crippen LogP contribution in [-0.2, 0) is 6.42 Å². The fraction of sp³-hybridized carbons (Fsp3) is 0.471. The minimum absolute atomic E-state index is 0.0544. The lowest BCUT2D eigenvalue weighted by atomic mass is 10.2. The van der Waals surface area contributed by atoms with Crippen LogP contribution < -0.4 is 5.56 Å². The second-order valence-corrected chi connectivity index (χ2v) is 3.85. The molecule has 0 aliphatic carbocycles. The highest BCUT2D eigenvalue weighted by Gasteiger charge is 2.12. The van der Waals surface area contributed by atoms with Gasteiger partial charge in [0.25, 0.3) is 5.56 Å². The first-order chi connectivity index (χ1) is 11.0. The van der Waals surface area contributed by atoms with Gasteiger partial charge in [-0.15, -0.1) is 4.74 Å². The summed E-state index contributed by atoms with van der Waals surface area (Å²) in [7, 11) is 0.889. The summed E-state index contributed by atoms with van der Waals surface area (Å²) in [6.07, 6.45) is 0.702. The molecule has 23 heavy (non-hydrogen) atoms. The lowest BCUT2D eigenvalue weighted by Gasteiger charge is -1.97. The minimum atomic E-state index is -0.500. The van der Waals surface area contributed by atoms with E-state index in [-0.39, 0.29) is 5.56 Å². The standard InChI is InChI=1S/C12H13NO2.2C2H6.CH3NO2/c1-3-11-9(2)15-13(12(11)14)10-7-5-4-6-8-10;2*1-2;1-2(3)4/h4-8H,3H2,1-2H3;2*1-2H3;1H3. The zero-order valence-corrected chi connectivity index (χ0v) is 15.1. The number of rotatable bonds is 2. The van der Waals surface area contributed by atoms with Crippen molar-refractivity contribution in [1.29, 1.82) is 0 Å². The van der Waals surface area contributed by atoms with Crippen LogP contribution in [0, 0.1) is 17.0 Å². The molecule has 0 spiro atoms. The van der Waals surface area contributed by atoms with Gasteiger partial charge in [0.1, 0.15) is 5.76 Å². The minimum Gasteiger partial charge on any atom is -0.376 e. The summed E-state index contributed by atoms with van der Waals surface area (Å²) in [6.45, 7) is 11.8. The molecule has 2 aromatic rings. The van der Waals surface area contributed by atoms with Gasteiger partial charge in [0.15, 0.2) is 7.05 Å². The van der Waals surface area contributed by atoms with Crippen LogP contribution in [-0.4, -0.2) is 16.7 Å². The second-order valence-electron chi connectivity index (χ2n) is 3.85. The molecule has 130 valence electrons. The van der Waals surface area contributed by atoms with Crippen molar-refractivity contribution in [1.82, 2.24) is 4.74 Å². The van der Waals surface area contributed by atoms with Gasteiger partial charge in [-0.2, -0.15) is 0 Å². The SMILES string of the molecule is CC.CC.CCc1c(C)on(-c2ccccc2)c1=O.C[N+](=O)[O-]. The molecular weight excluding hydrogens is 296 g/mol. The number of aryl methyl sites for hydroxylation is 1. The Bertz CT molecular complexity index is 597. The van der Waals surface area contributed by atoms with E-state index in [0.29, 0.717) is 12.2 Å². The molecule has 1 heterocycles. The van der Waals surface area contributed by atoms with Crippen molar-refractivity contribution in [2.75, 3.05) is 7.05 Å². The molecule has 2 rings (SSSR count). The number of nitrogens with zero attached hydrogens (tertiary/aromatic N) is 2. The topological polar surface area (TPSA) is 78.3 Å². The molecule has 0 fully saturated rings. The van der Waals surface area contributed by atoms with Gasteiger partial charge in [0.2, 0.25) is 0 Å². The molecule has 1 aromatic heterocycles. The predicted molar refractivity (Wildman–Crippen MR) is 94.0 cm³/mol. The molecule has 0 aliphatic heterocycles. The molecule has 0 amide bonds. The van der Waals surface area contributed by atoms with Crippen molar-refractivity contribution in [2.45, 2.75) is 48.0 Å². The van der Waals surface area contributed by atoms with E-state index in [2.05, 4.69) is 0 Å². The Morgan fingerprint density at radius 3 is 1.91 bits per heavy atom. The van der Waals surface area contributed by atoms with E-state index in [1.807, 2.05) is 71.9 Å². The summed E-state index contributed by atoms with van der Waals surface area (Å²) in [5.74, 6) is 0.700. The van der Waals surface area contributed by atoms with Crippen LogP contribution in [0.15, 0.2) is 39.6 Å². The van der Waals surface area contributed by atoms with Crippen molar-refractivity contribution >= 4 is 0 Å². The van der Waals surface area contributed by atoms with Gasteiger partial charge in [0, 0.05) is 4.92 Å². The van der Waals surface area contributed by atoms with Crippen LogP contribution in [0.25, 0.3) is 5.69 Å². The molecule has 6 nitrogen and oxygen atoms in total. The molecule has 6 heteroatoms. The van der Waals surface area contributed by atoms with Gasteiger partial charge in [-0.3, -0.25) is 14.9 Å². The molecule has 0 N–H and O–H groups in total. The normalized spacial score (nSPS) is 8.48. The van der Waals surface area contributed by atoms with E-state index in [9.17, 15) is 4.79 Å². The zero-order chi connectivity index (χ0) is 18.4. The van der Waals surface area contributed by atoms with Crippen molar-refractivity contribution in [3.05, 3.63) is 62.1 Å². The van der Waals surface area contributed by atoms with Gasteiger partial charge < -0.3 is 4.52 Å². The van der Waals surface area contributed by atoms with Crippen LogP contribution in [0.3, 0.4) is 0 Å². The molecule has 0 unspecified atom stereocenters. The lowest BCUT2D eigenvalue weighted by Crippen LogP contribution is -2.15. The van der Waals surface area contributed by atoms with E-state index < -0.39 is 4.92 Å². The summed E-state index contributed by atoms with van der Waals surface area (Å²) in [5, 5.41) is 8.81. The molecule has 0 bridgehead atoms. The molecule has 0 aliphatic rings. The predicted octanol–water partition coefficient (Wildman–Crippen LogP) is 4.25. The summed E-state index contributed by atoms with van der Waals surface area (Å²) in [5.41, 5.74) is 1.46. The van der Waals surface area contributed by atoms with E-state index in [1.54, 1.807) is 0 Å². The monoisotopic (exact) mass is 324 g/mol. The number of para-hydroxylation sites is 1. The largest absolute Gasteiger partial charge is 0.376 e. The maximum absolute atomic E-state index is 11.9. The third-order valence-electron chi connectivity index (χ3n) is 2.44. The average molecular weight is 324 g/mol. The van der Waals surface area contributed by atoms with Gasteiger partial charge in [-0.25, -0.2) is 0 Å². The van der Waals surface area contributed by atoms with Gasteiger partial charge >= 0.3 is 0 Å². The number of aromatic nitrogens is 1. The van der Waals surface area contributed by atoms with Crippen LogP contribution in [0.5, 0.6) is 0 Å². The Kier molecular flexibility index (Phi) is 13.2. The zero-order valence-electron chi connectivity index (χ0n) is 15.1. The fourth-order valence-electron chi connectivity index (χ4n) is 1.64. The Morgan fingerprint density at radius 1 is 1.13 bits per heavy atom. The quantitative estimate of drug-likeness (QED) is 0.611. The highest BCUT2D eigenvalue weighted by atomic mass is 16.6. The van der Waals surface area contributed by atoms with E-state index in [0.717, 1.165) is 18.3 Å². The molecule has 0 saturated heterocycles. The second kappa shape index (κ2) is 13.3. The first-order valence-electron chi connectivity index (χ1n) is 7.82. The summed E-state index contributed by atoms with van der Waals surface area (Å²) >= 11 is 0. The summed E-state index contributed by atoms with van der Waals surface area (Å²) in [6, 6.07) is 9.37. The molecule has 1 aromatic carbocycles. The first kappa shape index (κ1) is 22.9. The maximum atomic E-state index is 11.9. The average Bonchev–Trinajstić information content (AvgIpc) is 2.85. The van der Waals surface area contributed by atoms with Gasteiger partial charge in [-0.1, -0.05) is 52.8 Å². The molecule has 0 atom stereocenters. The van der Waals surface area contributed by atoms with E-state index in [1.165, 1.54) is 4.74 Å². The number of nitro groups is 1. The van der Waals surface area contributed by atoms with Crippen molar-refractivity contribution in [2.24, 2.45) is 0 Å². The van der Waals surface area contributed by atoms with Crippen molar-refractivity contribution in [3.8, 4) is 5.69 Å². The number of hydrogen-bond donors (Lipinski definition) is 0. The van der Waals surface area contributed by atoms with Crippen LogP contribution in [0.2, 0.25) is 0 Å². The van der Waals surface area contributed by atoms with Crippen LogP contribution in [0.1, 0.15) is 45.9 Å². The third kappa shape index (κ3) is 7.99. The Labute approximate surface area is 137 Å². The lowest BCUT2D eigenvalue weighted by molar-refractivity contribution is -0.445. The van der Waals surface area contributed by atoms with Crippen LogP contribution in [0.4, 0.5) is 0 Å². The highest BCUT2D eigenvalue weighted by Crippen LogP contribution is 2.10. The summed E-state index contributed by atoms with van der Waals surface area (Å²) in [4.78, 5) is 20.2. The Morgan fingerprint density at radius 2 is 1.57 bits per heavy atom. The van der Waals surface area contributed by atoms with Crippen molar-refractivity contribution in [3.63, 3.8) is 0 Å².